The Morgan fingerprint density at radius 2 is 1.86 bits per heavy atom. The van der Waals surface area contributed by atoms with Crippen LogP contribution in [-0.2, 0) is 6.42 Å². The van der Waals surface area contributed by atoms with Crippen molar-refractivity contribution in [3.8, 4) is 0 Å². The number of benzene rings is 1. The zero-order valence-corrected chi connectivity index (χ0v) is 18.4. The van der Waals surface area contributed by atoms with Crippen molar-refractivity contribution in [2.75, 3.05) is 6.54 Å². The van der Waals surface area contributed by atoms with Gasteiger partial charge in [-0.05, 0) is 0 Å². The van der Waals surface area contributed by atoms with Crippen molar-refractivity contribution < 1.29 is 0 Å². The number of rotatable bonds is 12. The predicted octanol–water partition coefficient (Wildman–Crippen LogP) is 6.72. The van der Waals surface area contributed by atoms with E-state index in [-0.39, 0.29) is 0 Å². The topological polar surface area (TPSA) is 12.0 Å². The molecule has 0 unspecified atom stereocenters. The van der Waals surface area contributed by atoms with Crippen LogP contribution in [-0.4, -0.2) is 18.9 Å². The molecule has 29 heavy (non-hydrogen) atoms. The van der Waals surface area contributed by atoms with Crippen LogP contribution in [0.1, 0.15) is 68.1 Å². The van der Waals surface area contributed by atoms with Gasteiger partial charge in [-0.1, -0.05) is 0 Å². The Morgan fingerprint density at radius 1 is 1.10 bits per heavy atom. The fourth-order valence-electron chi connectivity index (χ4n) is 4.16. The maximum atomic E-state index is 3.91. The molecule has 1 aromatic carbocycles. The van der Waals surface area contributed by atoms with Gasteiger partial charge in [-0.2, -0.15) is 0 Å². The molecule has 1 saturated carbocycles. The average molecular weight is 387 g/mol. The van der Waals surface area contributed by atoms with E-state index in [2.05, 4.69) is 63.2 Å². The van der Waals surface area contributed by atoms with Crippen LogP contribution in [0, 0.1) is 6.92 Å². The summed E-state index contributed by atoms with van der Waals surface area (Å²) in [7, 11) is 0. The molecule has 0 atom stereocenters. The quantitative estimate of drug-likeness (QED) is 0.239. The minimum absolute atomic E-state index is 0.719. The average Bonchev–Trinajstić information content (AvgIpc) is 2.75. The fraction of sp³-hybridized carbons (Fsp3) is 0.444. The second-order valence-electron chi connectivity index (χ2n) is 8.17. The maximum absolute atomic E-state index is 3.91. The van der Waals surface area contributed by atoms with Crippen molar-refractivity contribution in [1.82, 2.24) is 5.32 Å². The van der Waals surface area contributed by atoms with E-state index >= 15 is 0 Å². The number of unbranched alkanes of at least 4 members (excludes halogenated alkanes) is 1. The molecular formula is C27H38BN. The Kier molecular flexibility index (Phi) is 10.6. The van der Waals surface area contributed by atoms with Crippen molar-refractivity contribution in [2.24, 2.45) is 0 Å². The Balaban J connectivity index is 2.23. The van der Waals surface area contributed by atoms with E-state index < -0.39 is 0 Å². The molecule has 1 aliphatic rings. The molecule has 1 nitrogen and oxygen atoms in total. The van der Waals surface area contributed by atoms with Crippen LogP contribution < -0.4 is 5.32 Å². The van der Waals surface area contributed by atoms with Gasteiger partial charge >= 0.3 is 179 Å². The first-order chi connectivity index (χ1) is 14.2. The van der Waals surface area contributed by atoms with E-state index in [4.69, 9.17) is 0 Å². The SMILES string of the molecule is C=CNCCCCc1ccc(C)c(/C(=B\C2CCCCC2)CC=C(C=C)C=C)c1. The summed E-state index contributed by atoms with van der Waals surface area (Å²) in [5, 5.41) is 3.19. The molecular weight excluding hydrogens is 349 g/mol. The third-order valence-corrected chi connectivity index (χ3v) is 5.94. The Morgan fingerprint density at radius 3 is 2.55 bits per heavy atom. The van der Waals surface area contributed by atoms with Crippen molar-refractivity contribution in [3.05, 3.63) is 84.6 Å². The van der Waals surface area contributed by atoms with Crippen LogP contribution in [0.25, 0.3) is 0 Å². The summed E-state index contributed by atoms with van der Waals surface area (Å²) < 4.78 is 0. The molecule has 0 radical (unpaired) electrons. The van der Waals surface area contributed by atoms with Gasteiger partial charge in [-0.15, -0.1) is 0 Å². The minimum atomic E-state index is 0.719. The molecule has 1 N–H and O–H groups in total. The van der Waals surface area contributed by atoms with Crippen LogP contribution in [0.2, 0.25) is 5.82 Å². The third-order valence-electron chi connectivity index (χ3n) is 5.94. The molecule has 0 aliphatic heterocycles. The molecule has 0 aromatic heterocycles. The number of aryl methyl sites for hydroxylation is 2. The monoisotopic (exact) mass is 387 g/mol. The molecule has 1 aromatic rings. The molecule has 2 rings (SSSR count). The summed E-state index contributed by atoms with van der Waals surface area (Å²) in [4.78, 5) is 0. The Labute approximate surface area is 179 Å². The first-order valence-corrected chi connectivity index (χ1v) is 11.3. The number of nitrogens with one attached hydrogen (secondary N) is 1. The summed E-state index contributed by atoms with van der Waals surface area (Å²) in [6.45, 7) is 17.4. The van der Waals surface area contributed by atoms with E-state index in [1.807, 2.05) is 12.2 Å². The van der Waals surface area contributed by atoms with Crippen LogP contribution in [0.4, 0.5) is 0 Å². The first kappa shape index (κ1) is 23.2. The van der Waals surface area contributed by atoms with Gasteiger partial charge in [-0.3, -0.25) is 0 Å². The summed E-state index contributed by atoms with van der Waals surface area (Å²) in [6.07, 6.45) is 19.1. The molecule has 2 heteroatoms. The standard InChI is InChI=1S/C27H38BN/c1-5-23(6-2)18-19-27(28-25-14-9-8-10-15-25)26-21-24(17-16-22(26)4)13-11-12-20-29-7-3/h5-7,16-18,21,25,29H,1-3,8-15,19-20H2,4H3. The summed E-state index contributed by atoms with van der Waals surface area (Å²) >= 11 is 0. The first-order valence-electron chi connectivity index (χ1n) is 11.3. The van der Waals surface area contributed by atoms with Crippen molar-refractivity contribution in [3.63, 3.8) is 0 Å². The van der Waals surface area contributed by atoms with Crippen LogP contribution in [0.3, 0.4) is 0 Å². The molecule has 0 saturated heterocycles. The third kappa shape index (κ3) is 8.05. The van der Waals surface area contributed by atoms with Gasteiger partial charge in [0.1, 0.15) is 0 Å². The van der Waals surface area contributed by atoms with Gasteiger partial charge in [0.2, 0.25) is 0 Å². The van der Waals surface area contributed by atoms with Gasteiger partial charge in [0.05, 0.1) is 0 Å². The van der Waals surface area contributed by atoms with Gasteiger partial charge in [0.15, 0.2) is 0 Å². The van der Waals surface area contributed by atoms with E-state index in [0.29, 0.717) is 0 Å². The Bertz CT molecular complexity index is 725. The van der Waals surface area contributed by atoms with Crippen molar-refractivity contribution in [2.45, 2.75) is 70.5 Å². The normalized spacial score (nSPS) is 14.6. The molecule has 0 heterocycles. The van der Waals surface area contributed by atoms with E-state index in [1.54, 1.807) is 6.20 Å². The van der Waals surface area contributed by atoms with E-state index in [0.717, 1.165) is 30.8 Å². The summed E-state index contributed by atoms with van der Waals surface area (Å²) in [6, 6.07) is 7.03. The second kappa shape index (κ2) is 13.2. The van der Waals surface area contributed by atoms with E-state index in [1.165, 1.54) is 67.1 Å². The van der Waals surface area contributed by atoms with Crippen molar-refractivity contribution >= 4 is 12.4 Å². The van der Waals surface area contributed by atoms with E-state index in [9.17, 15) is 0 Å². The number of allylic oxidation sites excluding steroid dienone is 4. The molecule has 0 amide bonds. The van der Waals surface area contributed by atoms with Crippen LogP contribution >= 0.6 is 0 Å². The zero-order chi connectivity index (χ0) is 20.9. The molecule has 1 fully saturated rings. The van der Waals surface area contributed by atoms with Crippen LogP contribution in [0.5, 0.6) is 0 Å². The van der Waals surface area contributed by atoms with Gasteiger partial charge in [0, 0.05) is 0 Å². The summed E-state index contributed by atoms with van der Waals surface area (Å²) in [5.41, 5.74) is 6.81. The molecule has 1 aliphatic carbocycles. The molecule has 154 valence electrons. The van der Waals surface area contributed by atoms with Gasteiger partial charge in [0.25, 0.3) is 0 Å². The van der Waals surface area contributed by atoms with Crippen molar-refractivity contribution in [1.29, 1.82) is 0 Å². The summed E-state index contributed by atoms with van der Waals surface area (Å²) in [5.74, 6) is 0.719. The fourth-order valence-corrected chi connectivity index (χ4v) is 4.16. The number of hydrogen-bond acceptors (Lipinski definition) is 1. The zero-order valence-electron chi connectivity index (χ0n) is 18.4. The molecule has 0 spiro atoms. The molecule has 0 bridgehead atoms. The van der Waals surface area contributed by atoms with Gasteiger partial charge < -0.3 is 0 Å². The van der Waals surface area contributed by atoms with Crippen LogP contribution in [0.15, 0.2) is 67.9 Å². The Hall–Kier alpha value is -2.09. The number of hydrogen-bond donors (Lipinski definition) is 1. The predicted molar refractivity (Wildman–Crippen MR) is 132 cm³/mol. The van der Waals surface area contributed by atoms with Gasteiger partial charge in [-0.25, -0.2) is 0 Å². The second-order valence-corrected chi connectivity index (χ2v) is 8.17.